The van der Waals surface area contributed by atoms with Gasteiger partial charge in [0.15, 0.2) is 23.2 Å². The van der Waals surface area contributed by atoms with Crippen LogP contribution >= 0.6 is 23.5 Å². The molecule has 1 aliphatic rings. The number of phosphoric ester groups is 1. The van der Waals surface area contributed by atoms with Gasteiger partial charge in [-0.05, 0) is 0 Å². The number of hydrogen-bond acceptors (Lipinski definition) is 13. The zero-order valence-corrected chi connectivity index (χ0v) is 19.5. The predicted molar refractivity (Wildman–Crippen MR) is 105 cm³/mol. The van der Waals surface area contributed by atoms with Gasteiger partial charge in [0.25, 0.3) is 0 Å². The molecular weight excluding hydrogens is 515 g/mol. The normalized spacial score (nSPS) is 27.4. The predicted octanol–water partition coefficient (Wildman–Crippen LogP) is -1.15. The molecule has 33 heavy (non-hydrogen) atoms. The van der Waals surface area contributed by atoms with Gasteiger partial charge < -0.3 is 39.4 Å². The topological polar surface area (TPSA) is 256 Å². The summed E-state index contributed by atoms with van der Waals surface area (Å²) in [4.78, 5) is 49.8. The van der Waals surface area contributed by atoms with Crippen LogP contribution in [0.3, 0.4) is 0 Å². The van der Waals surface area contributed by atoms with Gasteiger partial charge in [-0.3, -0.25) is 9.09 Å². The Morgan fingerprint density at radius 3 is 2.30 bits per heavy atom. The fraction of sp³-hybridized carbons (Fsp3) is 0.583. The van der Waals surface area contributed by atoms with Crippen molar-refractivity contribution in [3.05, 3.63) is 12.7 Å². The van der Waals surface area contributed by atoms with E-state index < -0.39 is 54.6 Å². The molecule has 6 N–H and O–H groups in total. The maximum Gasteiger partial charge on any atom is 0.490 e. The van der Waals surface area contributed by atoms with Gasteiger partial charge in [0.2, 0.25) is 0 Å². The van der Waals surface area contributed by atoms with Crippen molar-refractivity contribution in [2.75, 3.05) is 25.6 Å². The number of imidazole rings is 1. The van der Waals surface area contributed by atoms with Crippen LogP contribution < -0.4 is 4.90 Å². The van der Waals surface area contributed by atoms with E-state index in [1.165, 1.54) is 17.2 Å². The van der Waals surface area contributed by atoms with Gasteiger partial charge >= 0.3 is 23.5 Å². The summed E-state index contributed by atoms with van der Waals surface area (Å²) >= 11 is 0. The third-order valence-electron chi connectivity index (χ3n) is 4.19. The number of rotatable bonds is 9. The zero-order chi connectivity index (χ0) is 24.8. The first-order valence-electron chi connectivity index (χ1n) is 8.75. The van der Waals surface area contributed by atoms with Gasteiger partial charge in [-0.15, -0.1) is 0 Å². The average Bonchev–Trinajstić information content (AvgIpc) is 3.19. The van der Waals surface area contributed by atoms with Crippen LogP contribution in [0.15, 0.2) is 12.7 Å². The summed E-state index contributed by atoms with van der Waals surface area (Å²) in [5.41, 5.74) is 0.614. The molecule has 6 atom stereocenters. The number of ether oxygens (including phenoxy) is 1. The minimum absolute atomic E-state index is 0.249. The molecule has 0 saturated carbocycles. The van der Waals surface area contributed by atoms with E-state index in [0.717, 1.165) is 0 Å². The summed E-state index contributed by atoms with van der Waals surface area (Å²) in [6.07, 6.45) is -3.41. The number of anilines is 1. The standard InChI is InChI=1S/C12H20N5O13P3/c1-16(2)10-7-11(14-4-13-10)17(5-15-7)12-9(19)8(18)6(28-12)3-27-32(23,24)30-33(25,26)29-31(20,21)22/h4-6,8-9,12,18-19H,3H2,1-2H3,(H,23,24)(H,25,26)(H2,20,21,22)/t6-,8-,9-,12-/m1/s1. The van der Waals surface area contributed by atoms with E-state index in [0.29, 0.717) is 11.3 Å². The van der Waals surface area contributed by atoms with Crippen LogP contribution in [0.5, 0.6) is 0 Å². The Hall–Kier alpha value is -1.36. The van der Waals surface area contributed by atoms with Crippen molar-refractivity contribution in [1.82, 2.24) is 19.5 Å². The Kier molecular flexibility index (Phi) is 7.44. The Bertz CT molecular complexity index is 1150. The Labute approximate surface area is 184 Å². The van der Waals surface area contributed by atoms with Crippen LogP contribution in [0.2, 0.25) is 0 Å². The Balaban J connectivity index is 1.72. The van der Waals surface area contributed by atoms with Gasteiger partial charge in [-0.1, -0.05) is 0 Å². The van der Waals surface area contributed by atoms with Crippen molar-refractivity contribution < 1.29 is 61.4 Å². The third-order valence-corrected chi connectivity index (χ3v) is 7.99. The first-order chi connectivity index (χ1) is 15.1. The summed E-state index contributed by atoms with van der Waals surface area (Å²) in [7, 11) is -13.2. The molecule has 2 aromatic heterocycles. The van der Waals surface area contributed by atoms with Crippen molar-refractivity contribution in [1.29, 1.82) is 0 Å². The first kappa shape index (κ1) is 26.2. The van der Waals surface area contributed by atoms with Gasteiger partial charge in [0.1, 0.15) is 24.6 Å². The fourth-order valence-electron chi connectivity index (χ4n) is 2.92. The zero-order valence-electron chi connectivity index (χ0n) is 16.8. The molecule has 0 amide bonds. The molecule has 186 valence electrons. The number of nitrogens with zero attached hydrogens (tertiary/aromatic N) is 5. The minimum atomic E-state index is -5.70. The highest BCUT2D eigenvalue weighted by molar-refractivity contribution is 7.66. The van der Waals surface area contributed by atoms with Crippen LogP contribution in [0.25, 0.3) is 11.2 Å². The number of aromatic nitrogens is 4. The molecule has 21 heteroatoms. The molecule has 1 aliphatic heterocycles. The lowest BCUT2D eigenvalue weighted by molar-refractivity contribution is -0.0503. The van der Waals surface area contributed by atoms with Crippen molar-refractivity contribution in [3.8, 4) is 0 Å². The summed E-state index contributed by atoms with van der Waals surface area (Å²) in [6, 6.07) is 0. The third kappa shape index (κ3) is 6.21. The van der Waals surface area contributed by atoms with Gasteiger partial charge in [-0.2, -0.15) is 8.62 Å². The molecular formula is C12H20N5O13P3. The number of fused-ring (bicyclic) bond motifs is 1. The van der Waals surface area contributed by atoms with Crippen molar-refractivity contribution in [2.24, 2.45) is 0 Å². The molecule has 0 radical (unpaired) electrons. The van der Waals surface area contributed by atoms with E-state index in [2.05, 4.69) is 28.1 Å². The lowest BCUT2D eigenvalue weighted by Crippen LogP contribution is -2.33. The summed E-state index contributed by atoms with van der Waals surface area (Å²) < 4.78 is 52.3. The van der Waals surface area contributed by atoms with E-state index in [9.17, 15) is 28.8 Å². The van der Waals surface area contributed by atoms with E-state index in [1.807, 2.05) is 0 Å². The van der Waals surface area contributed by atoms with E-state index in [-0.39, 0.29) is 5.65 Å². The van der Waals surface area contributed by atoms with Crippen LogP contribution in [-0.2, 0) is 31.6 Å². The molecule has 1 saturated heterocycles. The maximum atomic E-state index is 11.9. The monoisotopic (exact) mass is 535 g/mol. The molecule has 0 spiro atoms. The lowest BCUT2D eigenvalue weighted by atomic mass is 10.1. The molecule has 3 heterocycles. The largest absolute Gasteiger partial charge is 0.490 e. The Morgan fingerprint density at radius 1 is 1.03 bits per heavy atom. The number of hydrogen-bond donors (Lipinski definition) is 6. The average molecular weight is 535 g/mol. The molecule has 0 bridgehead atoms. The van der Waals surface area contributed by atoms with Crippen molar-refractivity contribution in [3.63, 3.8) is 0 Å². The molecule has 0 aliphatic carbocycles. The highest BCUT2D eigenvalue weighted by Gasteiger charge is 2.47. The quantitative estimate of drug-likeness (QED) is 0.207. The smallest absolute Gasteiger partial charge is 0.387 e. The van der Waals surface area contributed by atoms with Gasteiger partial charge in [0, 0.05) is 14.1 Å². The molecule has 18 nitrogen and oxygen atoms in total. The minimum Gasteiger partial charge on any atom is -0.387 e. The number of phosphoric acid groups is 3. The Morgan fingerprint density at radius 2 is 1.70 bits per heavy atom. The van der Waals surface area contributed by atoms with Gasteiger partial charge in [-0.25, -0.2) is 28.6 Å². The number of aliphatic hydroxyl groups excluding tert-OH is 2. The first-order valence-corrected chi connectivity index (χ1v) is 13.3. The second kappa shape index (κ2) is 9.36. The van der Waals surface area contributed by atoms with E-state index >= 15 is 0 Å². The molecule has 1 fully saturated rings. The second-order valence-corrected chi connectivity index (χ2v) is 11.3. The van der Waals surface area contributed by atoms with Crippen LogP contribution in [0.1, 0.15) is 6.23 Å². The van der Waals surface area contributed by atoms with Crippen LogP contribution in [-0.4, -0.2) is 88.3 Å². The van der Waals surface area contributed by atoms with E-state index in [4.69, 9.17) is 19.4 Å². The summed E-state index contributed by atoms with van der Waals surface area (Å²) in [6.45, 7) is -0.941. The molecule has 0 aromatic carbocycles. The summed E-state index contributed by atoms with van der Waals surface area (Å²) in [5.74, 6) is 0.469. The van der Waals surface area contributed by atoms with Gasteiger partial charge in [0.05, 0.1) is 12.9 Å². The van der Waals surface area contributed by atoms with Crippen molar-refractivity contribution in [2.45, 2.75) is 24.5 Å². The highest BCUT2D eigenvalue weighted by atomic mass is 31.3. The SMILES string of the molecule is CN(C)c1ncnc2c1ncn2[C@@H]1O[C@H](COP(=O)(O)OP(=O)(O)OP(=O)(O)O)[C@@H](O)[C@H]1O. The lowest BCUT2D eigenvalue weighted by Gasteiger charge is -2.19. The maximum absolute atomic E-state index is 11.9. The van der Waals surface area contributed by atoms with E-state index in [1.54, 1.807) is 19.0 Å². The molecule has 2 unspecified atom stereocenters. The molecule has 3 rings (SSSR count). The van der Waals surface area contributed by atoms with Crippen molar-refractivity contribution >= 4 is 40.4 Å². The number of aliphatic hydroxyl groups is 2. The second-order valence-electron chi connectivity index (χ2n) is 6.85. The highest BCUT2D eigenvalue weighted by Crippen LogP contribution is 2.66. The summed E-state index contributed by atoms with van der Waals surface area (Å²) in [5, 5.41) is 20.6. The van der Waals surface area contributed by atoms with Crippen LogP contribution in [0, 0.1) is 0 Å². The molecule has 2 aromatic rings. The fourth-order valence-corrected chi connectivity index (χ4v) is 5.95. The van der Waals surface area contributed by atoms with Crippen LogP contribution in [0.4, 0.5) is 5.82 Å².